The van der Waals surface area contributed by atoms with Crippen LogP contribution in [0.5, 0.6) is 0 Å². The summed E-state index contributed by atoms with van der Waals surface area (Å²) in [5, 5.41) is 0. The van der Waals surface area contributed by atoms with E-state index < -0.39 is 0 Å². The SMILES string of the molecule is Cc1nc(C2CCCOC2)c(N)n1C(C)(C)C. The number of aromatic nitrogens is 2. The Hall–Kier alpha value is -1.03. The number of nitrogen functional groups attached to an aromatic ring is 1. The van der Waals surface area contributed by atoms with E-state index in [0.717, 1.165) is 43.4 Å². The van der Waals surface area contributed by atoms with Crippen LogP contribution in [0.2, 0.25) is 0 Å². The number of anilines is 1. The zero-order valence-corrected chi connectivity index (χ0v) is 11.3. The number of nitrogens with two attached hydrogens (primary N) is 1. The van der Waals surface area contributed by atoms with Crippen LogP contribution in [-0.4, -0.2) is 22.8 Å². The molecular formula is C13H23N3O. The van der Waals surface area contributed by atoms with Gasteiger partial charge in [-0.05, 0) is 40.5 Å². The van der Waals surface area contributed by atoms with E-state index in [2.05, 4.69) is 30.3 Å². The molecule has 0 amide bonds. The van der Waals surface area contributed by atoms with Gasteiger partial charge in [0.15, 0.2) is 0 Å². The van der Waals surface area contributed by atoms with E-state index in [1.54, 1.807) is 0 Å². The average Bonchev–Trinajstić information content (AvgIpc) is 2.54. The Morgan fingerprint density at radius 2 is 2.12 bits per heavy atom. The second-order valence-corrected chi connectivity index (χ2v) is 5.85. The van der Waals surface area contributed by atoms with Crippen LogP contribution in [0.15, 0.2) is 0 Å². The highest BCUT2D eigenvalue weighted by Crippen LogP contribution is 2.32. The number of imidazole rings is 1. The lowest BCUT2D eigenvalue weighted by molar-refractivity contribution is 0.0795. The highest BCUT2D eigenvalue weighted by atomic mass is 16.5. The average molecular weight is 237 g/mol. The van der Waals surface area contributed by atoms with E-state index >= 15 is 0 Å². The Kier molecular flexibility index (Phi) is 3.17. The van der Waals surface area contributed by atoms with E-state index in [0.29, 0.717) is 5.92 Å². The van der Waals surface area contributed by atoms with Gasteiger partial charge < -0.3 is 15.0 Å². The molecule has 1 saturated heterocycles. The predicted molar refractivity (Wildman–Crippen MR) is 69.2 cm³/mol. The predicted octanol–water partition coefficient (Wildman–Crippen LogP) is 2.42. The molecule has 0 aliphatic carbocycles. The van der Waals surface area contributed by atoms with Crippen LogP contribution in [0.4, 0.5) is 5.82 Å². The lowest BCUT2D eigenvalue weighted by Gasteiger charge is -2.25. The first-order valence-corrected chi connectivity index (χ1v) is 6.34. The van der Waals surface area contributed by atoms with Gasteiger partial charge in [0.1, 0.15) is 11.6 Å². The van der Waals surface area contributed by atoms with Gasteiger partial charge in [0.25, 0.3) is 0 Å². The Morgan fingerprint density at radius 1 is 1.41 bits per heavy atom. The van der Waals surface area contributed by atoms with Crippen LogP contribution in [0.1, 0.15) is 51.0 Å². The summed E-state index contributed by atoms with van der Waals surface area (Å²) >= 11 is 0. The van der Waals surface area contributed by atoms with Crippen molar-refractivity contribution in [1.29, 1.82) is 0 Å². The molecule has 0 radical (unpaired) electrons. The van der Waals surface area contributed by atoms with Crippen molar-refractivity contribution in [2.24, 2.45) is 0 Å². The number of hydrogen-bond acceptors (Lipinski definition) is 3. The van der Waals surface area contributed by atoms with E-state index in [-0.39, 0.29) is 5.54 Å². The quantitative estimate of drug-likeness (QED) is 0.816. The molecule has 1 aromatic rings. The first-order chi connectivity index (χ1) is 7.91. The maximum absolute atomic E-state index is 6.27. The van der Waals surface area contributed by atoms with Crippen molar-refractivity contribution in [3.63, 3.8) is 0 Å². The second kappa shape index (κ2) is 4.33. The minimum atomic E-state index is -0.0189. The summed E-state index contributed by atoms with van der Waals surface area (Å²) in [5.41, 5.74) is 7.27. The molecule has 4 heteroatoms. The van der Waals surface area contributed by atoms with Crippen molar-refractivity contribution in [3.8, 4) is 0 Å². The van der Waals surface area contributed by atoms with Crippen LogP contribution < -0.4 is 5.73 Å². The van der Waals surface area contributed by atoms with Gasteiger partial charge in [0.2, 0.25) is 0 Å². The topological polar surface area (TPSA) is 53.1 Å². The van der Waals surface area contributed by atoms with Crippen molar-refractivity contribution in [3.05, 3.63) is 11.5 Å². The van der Waals surface area contributed by atoms with E-state index in [9.17, 15) is 0 Å². The number of nitrogens with zero attached hydrogens (tertiary/aromatic N) is 2. The van der Waals surface area contributed by atoms with Crippen molar-refractivity contribution < 1.29 is 4.74 Å². The summed E-state index contributed by atoms with van der Waals surface area (Å²) in [4.78, 5) is 4.66. The molecule has 0 aromatic carbocycles. The molecule has 1 fully saturated rings. The summed E-state index contributed by atoms with van der Waals surface area (Å²) in [6.07, 6.45) is 2.23. The number of ether oxygens (including phenoxy) is 1. The fourth-order valence-corrected chi connectivity index (χ4v) is 2.67. The van der Waals surface area contributed by atoms with Crippen LogP contribution in [-0.2, 0) is 10.3 Å². The molecule has 2 rings (SSSR count). The van der Waals surface area contributed by atoms with Gasteiger partial charge >= 0.3 is 0 Å². The van der Waals surface area contributed by atoms with Crippen molar-refractivity contribution >= 4 is 5.82 Å². The van der Waals surface area contributed by atoms with Gasteiger partial charge in [-0.3, -0.25) is 0 Å². The molecule has 0 bridgehead atoms. The first kappa shape index (κ1) is 12.4. The molecule has 0 spiro atoms. The minimum Gasteiger partial charge on any atom is -0.384 e. The van der Waals surface area contributed by atoms with Crippen molar-refractivity contribution in [2.45, 2.75) is 52.0 Å². The standard InChI is InChI=1S/C13H23N3O/c1-9-15-11(10-6-5-7-17-8-10)12(14)16(9)13(2,3)4/h10H,5-8,14H2,1-4H3. The monoisotopic (exact) mass is 237 g/mol. The van der Waals surface area contributed by atoms with Crippen LogP contribution >= 0.6 is 0 Å². The first-order valence-electron chi connectivity index (χ1n) is 6.34. The third-order valence-electron chi connectivity index (χ3n) is 3.33. The maximum Gasteiger partial charge on any atom is 0.127 e. The highest BCUT2D eigenvalue weighted by molar-refractivity contribution is 5.42. The van der Waals surface area contributed by atoms with E-state index in [4.69, 9.17) is 10.5 Å². The molecular weight excluding hydrogens is 214 g/mol. The van der Waals surface area contributed by atoms with Crippen molar-refractivity contribution in [2.75, 3.05) is 18.9 Å². The summed E-state index contributed by atoms with van der Waals surface area (Å²) < 4.78 is 7.64. The summed E-state index contributed by atoms with van der Waals surface area (Å²) in [6.45, 7) is 10.1. The Labute approximate surface area is 103 Å². The minimum absolute atomic E-state index is 0.0189. The van der Waals surface area contributed by atoms with Crippen LogP contribution in [0, 0.1) is 6.92 Å². The molecule has 1 aliphatic rings. The summed E-state index contributed by atoms with van der Waals surface area (Å²) in [6, 6.07) is 0. The summed E-state index contributed by atoms with van der Waals surface area (Å²) in [5.74, 6) is 2.17. The largest absolute Gasteiger partial charge is 0.384 e. The normalized spacial score (nSPS) is 21.8. The fourth-order valence-electron chi connectivity index (χ4n) is 2.67. The zero-order valence-electron chi connectivity index (χ0n) is 11.3. The maximum atomic E-state index is 6.27. The van der Waals surface area contributed by atoms with Gasteiger partial charge in [-0.25, -0.2) is 4.98 Å². The third kappa shape index (κ3) is 2.32. The molecule has 1 aromatic heterocycles. The molecule has 2 heterocycles. The lowest BCUT2D eigenvalue weighted by Crippen LogP contribution is -2.25. The zero-order chi connectivity index (χ0) is 12.6. The van der Waals surface area contributed by atoms with Gasteiger partial charge in [0, 0.05) is 18.1 Å². The van der Waals surface area contributed by atoms with Gasteiger partial charge in [-0.1, -0.05) is 0 Å². The number of hydrogen-bond donors (Lipinski definition) is 1. The molecule has 1 atom stereocenters. The Bertz CT molecular complexity index is 398. The Balaban J connectivity index is 2.36. The molecule has 96 valence electrons. The molecule has 17 heavy (non-hydrogen) atoms. The number of aryl methyl sites for hydroxylation is 1. The molecule has 4 nitrogen and oxygen atoms in total. The van der Waals surface area contributed by atoms with Gasteiger partial charge in [-0.15, -0.1) is 0 Å². The smallest absolute Gasteiger partial charge is 0.127 e. The van der Waals surface area contributed by atoms with Crippen LogP contribution in [0.25, 0.3) is 0 Å². The summed E-state index contributed by atoms with van der Waals surface area (Å²) in [7, 11) is 0. The van der Waals surface area contributed by atoms with Gasteiger partial charge in [-0.2, -0.15) is 0 Å². The molecule has 1 unspecified atom stereocenters. The van der Waals surface area contributed by atoms with E-state index in [1.807, 2.05) is 6.92 Å². The number of rotatable bonds is 1. The van der Waals surface area contributed by atoms with E-state index in [1.165, 1.54) is 0 Å². The van der Waals surface area contributed by atoms with Crippen LogP contribution in [0.3, 0.4) is 0 Å². The Morgan fingerprint density at radius 3 is 2.59 bits per heavy atom. The molecule has 2 N–H and O–H groups in total. The second-order valence-electron chi connectivity index (χ2n) is 5.85. The molecule has 0 saturated carbocycles. The third-order valence-corrected chi connectivity index (χ3v) is 3.33. The highest BCUT2D eigenvalue weighted by Gasteiger charge is 2.27. The molecule has 1 aliphatic heterocycles. The van der Waals surface area contributed by atoms with Crippen molar-refractivity contribution in [1.82, 2.24) is 9.55 Å². The lowest BCUT2D eigenvalue weighted by atomic mass is 9.98. The van der Waals surface area contributed by atoms with Gasteiger partial charge in [0.05, 0.1) is 12.3 Å². The fraction of sp³-hybridized carbons (Fsp3) is 0.769.